The Kier molecular flexibility index (Phi) is 4.56. The highest BCUT2D eigenvalue weighted by atomic mass is 32.1. The van der Waals surface area contributed by atoms with E-state index in [-0.39, 0.29) is 18.7 Å². The highest BCUT2D eigenvalue weighted by Crippen LogP contribution is 2.37. The number of carbonyl (C=O) groups is 2. The molecule has 3 heterocycles. The molecule has 0 bridgehead atoms. The number of anilines is 1. The molecule has 0 aliphatic carbocycles. The molecule has 4 rings (SSSR count). The molecule has 0 saturated carbocycles. The molecule has 1 aromatic heterocycles. The lowest BCUT2D eigenvalue weighted by molar-refractivity contribution is -0.119. The number of amides is 3. The summed E-state index contributed by atoms with van der Waals surface area (Å²) in [7, 11) is 3.36. The van der Waals surface area contributed by atoms with Crippen LogP contribution in [0.2, 0.25) is 0 Å². The van der Waals surface area contributed by atoms with Crippen LogP contribution in [0, 0.1) is 0 Å². The van der Waals surface area contributed by atoms with Crippen molar-refractivity contribution >= 4 is 28.4 Å². The summed E-state index contributed by atoms with van der Waals surface area (Å²) in [5.74, 6) is 1.12. The topological polar surface area (TPSA) is 96.9 Å². The van der Waals surface area contributed by atoms with Gasteiger partial charge in [-0.2, -0.15) is 0 Å². The largest absolute Gasteiger partial charge is 0.454 e. The SMILES string of the molecule is CN(C)C(=O)N1CCC[C@H]1C(=O)Nc1nnc(-c2ccc3c(c2)OCO3)s1. The van der Waals surface area contributed by atoms with E-state index in [4.69, 9.17) is 9.47 Å². The van der Waals surface area contributed by atoms with E-state index in [1.807, 2.05) is 18.2 Å². The van der Waals surface area contributed by atoms with Gasteiger partial charge in [0.05, 0.1) is 0 Å². The lowest BCUT2D eigenvalue weighted by Crippen LogP contribution is -2.47. The van der Waals surface area contributed by atoms with Gasteiger partial charge in [0.1, 0.15) is 11.0 Å². The fourth-order valence-corrected chi connectivity index (χ4v) is 3.88. The van der Waals surface area contributed by atoms with Crippen molar-refractivity contribution in [3.63, 3.8) is 0 Å². The average molecular weight is 389 g/mol. The van der Waals surface area contributed by atoms with Crippen molar-refractivity contribution in [2.75, 3.05) is 32.7 Å². The van der Waals surface area contributed by atoms with Gasteiger partial charge in [0.2, 0.25) is 17.8 Å². The first-order valence-electron chi connectivity index (χ1n) is 8.55. The van der Waals surface area contributed by atoms with Gasteiger partial charge in [-0.25, -0.2) is 4.79 Å². The van der Waals surface area contributed by atoms with E-state index in [2.05, 4.69) is 15.5 Å². The molecule has 27 heavy (non-hydrogen) atoms. The van der Waals surface area contributed by atoms with Gasteiger partial charge in [-0.15, -0.1) is 10.2 Å². The molecule has 2 aromatic rings. The van der Waals surface area contributed by atoms with Crippen molar-refractivity contribution in [3.05, 3.63) is 18.2 Å². The van der Waals surface area contributed by atoms with Crippen molar-refractivity contribution in [1.82, 2.24) is 20.0 Å². The van der Waals surface area contributed by atoms with Gasteiger partial charge in [-0.1, -0.05) is 11.3 Å². The number of carbonyl (C=O) groups excluding carboxylic acids is 2. The molecule has 2 aliphatic rings. The highest BCUT2D eigenvalue weighted by Gasteiger charge is 2.35. The highest BCUT2D eigenvalue weighted by molar-refractivity contribution is 7.18. The van der Waals surface area contributed by atoms with Crippen molar-refractivity contribution < 1.29 is 19.1 Å². The molecule has 0 spiro atoms. The molecule has 142 valence electrons. The van der Waals surface area contributed by atoms with Crippen LogP contribution in [-0.2, 0) is 4.79 Å². The number of fused-ring (bicyclic) bond motifs is 1. The lowest BCUT2D eigenvalue weighted by Gasteiger charge is -2.26. The van der Waals surface area contributed by atoms with Crippen LogP contribution >= 0.6 is 11.3 Å². The first-order chi connectivity index (χ1) is 13.0. The summed E-state index contributed by atoms with van der Waals surface area (Å²) in [5.41, 5.74) is 0.836. The van der Waals surface area contributed by atoms with E-state index in [1.54, 1.807) is 19.0 Å². The predicted molar refractivity (Wildman–Crippen MR) is 98.9 cm³/mol. The fraction of sp³-hybridized carbons (Fsp3) is 0.412. The Morgan fingerprint density at radius 2 is 2.07 bits per heavy atom. The Morgan fingerprint density at radius 3 is 2.89 bits per heavy atom. The summed E-state index contributed by atoms with van der Waals surface area (Å²) in [4.78, 5) is 27.9. The van der Waals surface area contributed by atoms with Crippen LogP contribution in [0.25, 0.3) is 10.6 Å². The fourth-order valence-electron chi connectivity index (χ4n) is 3.13. The Bertz CT molecular complexity index is 884. The second-order valence-corrected chi connectivity index (χ2v) is 7.48. The number of nitrogens with zero attached hydrogens (tertiary/aromatic N) is 4. The molecule has 1 aromatic carbocycles. The zero-order valence-electron chi connectivity index (χ0n) is 15.0. The molecule has 10 heteroatoms. The van der Waals surface area contributed by atoms with Crippen LogP contribution < -0.4 is 14.8 Å². The number of ether oxygens (including phenoxy) is 2. The van der Waals surface area contributed by atoms with E-state index < -0.39 is 6.04 Å². The average Bonchev–Trinajstić information content (AvgIpc) is 3.39. The summed E-state index contributed by atoms with van der Waals surface area (Å²) < 4.78 is 10.7. The molecule has 0 unspecified atom stereocenters. The summed E-state index contributed by atoms with van der Waals surface area (Å²) in [5, 5.41) is 12.0. The normalized spacial score (nSPS) is 17.9. The van der Waals surface area contributed by atoms with E-state index in [9.17, 15) is 9.59 Å². The third kappa shape index (κ3) is 3.39. The Balaban J connectivity index is 1.46. The van der Waals surface area contributed by atoms with E-state index in [0.717, 1.165) is 12.0 Å². The molecule has 1 fully saturated rings. The van der Waals surface area contributed by atoms with Gasteiger partial charge in [0, 0.05) is 26.2 Å². The van der Waals surface area contributed by atoms with Crippen LogP contribution in [0.15, 0.2) is 18.2 Å². The summed E-state index contributed by atoms with van der Waals surface area (Å²) in [6, 6.07) is 4.88. The zero-order chi connectivity index (χ0) is 19.0. The number of aromatic nitrogens is 2. The lowest BCUT2D eigenvalue weighted by atomic mass is 10.2. The first kappa shape index (κ1) is 17.5. The van der Waals surface area contributed by atoms with Crippen molar-refractivity contribution in [2.24, 2.45) is 0 Å². The number of nitrogens with one attached hydrogen (secondary N) is 1. The number of rotatable bonds is 3. The van der Waals surface area contributed by atoms with Gasteiger partial charge in [0.25, 0.3) is 0 Å². The molecule has 1 N–H and O–H groups in total. The summed E-state index contributed by atoms with van der Waals surface area (Å²) in [6.45, 7) is 0.785. The minimum Gasteiger partial charge on any atom is -0.454 e. The standard InChI is InChI=1S/C17H19N5O4S/c1-21(2)17(24)22-7-3-4-11(22)14(23)18-16-20-19-15(27-16)10-5-6-12-13(8-10)26-9-25-12/h5-6,8,11H,3-4,7,9H2,1-2H3,(H,18,20,23)/t11-/m0/s1. The number of urea groups is 1. The van der Waals surface area contributed by atoms with Gasteiger partial charge in [0.15, 0.2) is 11.5 Å². The monoisotopic (exact) mass is 389 g/mol. The van der Waals surface area contributed by atoms with E-state index in [1.165, 1.54) is 16.2 Å². The van der Waals surface area contributed by atoms with Crippen molar-refractivity contribution in [3.8, 4) is 22.1 Å². The minimum absolute atomic E-state index is 0.161. The van der Waals surface area contributed by atoms with E-state index >= 15 is 0 Å². The number of hydrogen-bond acceptors (Lipinski definition) is 7. The zero-order valence-corrected chi connectivity index (χ0v) is 15.8. The first-order valence-corrected chi connectivity index (χ1v) is 9.37. The second kappa shape index (κ2) is 7.03. The van der Waals surface area contributed by atoms with Gasteiger partial charge in [-0.3, -0.25) is 10.1 Å². The molecular formula is C17H19N5O4S. The van der Waals surface area contributed by atoms with Gasteiger partial charge >= 0.3 is 6.03 Å². The molecule has 0 radical (unpaired) electrons. The quantitative estimate of drug-likeness (QED) is 0.863. The maximum absolute atomic E-state index is 12.6. The van der Waals surface area contributed by atoms with E-state index in [0.29, 0.717) is 34.6 Å². The van der Waals surface area contributed by atoms with Gasteiger partial charge < -0.3 is 19.3 Å². The molecule has 9 nitrogen and oxygen atoms in total. The van der Waals surface area contributed by atoms with Crippen molar-refractivity contribution in [1.29, 1.82) is 0 Å². The number of hydrogen-bond donors (Lipinski definition) is 1. The molecule has 3 amide bonds. The Hall–Kier alpha value is -2.88. The van der Waals surface area contributed by atoms with Crippen LogP contribution in [0.5, 0.6) is 11.5 Å². The van der Waals surface area contributed by atoms with Crippen LogP contribution in [-0.4, -0.2) is 65.4 Å². The Labute approximate surface area is 159 Å². The van der Waals surface area contributed by atoms with Crippen molar-refractivity contribution in [2.45, 2.75) is 18.9 Å². The summed E-state index contributed by atoms with van der Waals surface area (Å²) >= 11 is 1.27. The Morgan fingerprint density at radius 1 is 1.26 bits per heavy atom. The molecule has 1 saturated heterocycles. The third-order valence-corrected chi connectivity index (χ3v) is 5.35. The van der Waals surface area contributed by atoms with Crippen LogP contribution in [0.4, 0.5) is 9.93 Å². The molecule has 2 aliphatic heterocycles. The number of likely N-dealkylation sites (tertiary alicyclic amines) is 1. The molecular weight excluding hydrogens is 370 g/mol. The minimum atomic E-state index is -0.488. The van der Waals surface area contributed by atoms with Crippen LogP contribution in [0.3, 0.4) is 0 Å². The predicted octanol–water partition coefficient (Wildman–Crippen LogP) is 2.02. The summed E-state index contributed by atoms with van der Waals surface area (Å²) in [6.07, 6.45) is 1.44. The van der Waals surface area contributed by atoms with Crippen LogP contribution in [0.1, 0.15) is 12.8 Å². The smallest absolute Gasteiger partial charge is 0.320 e. The number of benzene rings is 1. The maximum Gasteiger partial charge on any atom is 0.320 e. The molecule has 1 atom stereocenters. The third-order valence-electron chi connectivity index (χ3n) is 4.46. The van der Waals surface area contributed by atoms with Gasteiger partial charge in [-0.05, 0) is 31.0 Å². The maximum atomic E-state index is 12.6. The second-order valence-electron chi connectivity index (χ2n) is 6.50.